The number of fused-ring (bicyclic) bond motifs is 1. The number of rotatable bonds is 7. The van der Waals surface area contributed by atoms with E-state index in [2.05, 4.69) is 46.8 Å². The van der Waals surface area contributed by atoms with Gasteiger partial charge in [-0.1, -0.05) is 54.4 Å². The Morgan fingerprint density at radius 2 is 1.79 bits per heavy atom. The number of imidazole rings is 1. The summed E-state index contributed by atoms with van der Waals surface area (Å²) >= 11 is 6.35. The molecule has 3 nitrogen and oxygen atoms in total. The molecule has 28 heavy (non-hydrogen) atoms. The molecule has 2 heterocycles. The Balaban J connectivity index is 1.22. The lowest BCUT2D eigenvalue weighted by atomic mass is 9.90. The predicted octanol–water partition coefficient (Wildman–Crippen LogP) is 5.50. The molecule has 0 saturated carbocycles. The zero-order valence-corrected chi connectivity index (χ0v) is 17.5. The van der Waals surface area contributed by atoms with Crippen molar-refractivity contribution in [1.29, 1.82) is 0 Å². The van der Waals surface area contributed by atoms with Crippen molar-refractivity contribution in [3.63, 3.8) is 0 Å². The average Bonchev–Trinajstić information content (AvgIpc) is 3.05. The minimum Gasteiger partial charge on any atom is -0.330 e. The van der Waals surface area contributed by atoms with Crippen molar-refractivity contribution >= 4 is 22.6 Å². The lowest BCUT2D eigenvalue weighted by Crippen LogP contribution is -2.35. The molecule has 1 aliphatic rings. The van der Waals surface area contributed by atoms with Crippen LogP contribution in [0.5, 0.6) is 0 Å². The second-order valence-electron chi connectivity index (χ2n) is 8.11. The Kier molecular flexibility index (Phi) is 6.33. The van der Waals surface area contributed by atoms with Gasteiger partial charge in [-0.25, -0.2) is 4.98 Å². The van der Waals surface area contributed by atoms with Crippen molar-refractivity contribution in [2.75, 3.05) is 19.6 Å². The van der Waals surface area contributed by atoms with Gasteiger partial charge in [0.25, 0.3) is 0 Å². The van der Waals surface area contributed by atoms with Crippen LogP contribution in [-0.2, 0) is 19.9 Å². The molecular weight excluding hydrogens is 366 g/mol. The number of para-hydroxylation sites is 1. The third kappa shape index (κ3) is 4.59. The average molecular weight is 396 g/mol. The van der Waals surface area contributed by atoms with Gasteiger partial charge in [0, 0.05) is 20.0 Å². The molecule has 148 valence electrons. The van der Waals surface area contributed by atoms with Gasteiger partial charge in [0.15, 0.2) is 0 Å². The highest BCUT2D eigenvalue weighted by Gasteiger charge is 2.19. The van der Waals surface area contributed by atoms with E-state index in [4.69, 9.17) is 16.6 Å². The van der Waals surface area contributed by atoms with Crippen molar-refractivity contribution in [2.24, 2.45) is 13.0 Å². The minimum absolute atomic E-state index is 0.787. The van der Waals surface area contributed by atoms with Crippen LogP contribution in [0.15, 0.2) is 48.5 Å². The van der Waals surface area contributed by atoms with Gasteiger partial charge < -0.3 is 9.47 Å². The first-order valence-corrected chi connectivity index (χ1v) is 10.9. The lowest BCUT2D eigenvalue weighted by molar-refractivity contribution is 0.178. The first kappa shape index (κ1) is 19.5. The zero-order chi connectivity index (χ0) is 19.3. The molecule has 0 atom stereocenters. The summed E-state index contributed by atoms with van der Waals surface area (Å²) in [5.41, 5.74) is 3.53. The van der Waals surface area contributed by atoms with Crippen molar-refractivity contribution in [3.8, 4) is 0 Å². The van der Waals surface area contributed by atoms with Gasteiger partial charge in [-0.15, -0.1) is 0 Å². The molecule has 0 bridgehead atoms. The number of hydrogen-bond donors (Lipinski definition) is 0. The fourth-order valence-corrected chi connectivity index (χ4v) is 4.79. The maximum Gasteiger partial charge on any atom is 0.110 e. The number of piperidine rings is 1. The molecule has 0 amide bonds. The maximum atomic E-state index is 6.35. The summed E-state index contributed by atoms with van der Waals surface area (Å²) in [4.78, 5) is 7.40. The van der Waals surface area contributed by atoms with E-state index in [0.717, 1.165) is 40.8 Å². The van der Waals surface area contributed by atoms with Crippen LogP contribution < -0.4 is 0 Å². The van der Waals surface area contributed by atoms with Gasteiger partial charge in [0.2, 0.25) is 0 Å². The normalized spacial score (nSPS) is 16.1. The standard InChI is InChI=1S/C24H30ClN3/c1-27-23(26-22-12-6-11-21(25)24(22)27)15-18-28-16-13-20(14-17-28)10-5-9-19-7-3-2-4-8-19/h2-4,6-8,11-12,20H,5,9-10,13-18H2,1H3. The summed E-state index contributed by atoms with van der Waals surface area (Å²) in [6.07, 6.45) is 7.56. The van der Waals surface area contributed by atoms with Crippen LogP contribution in [0, 0.1) is 5.92 Å². The van der Waals surface area contributed by atoms with E-state index >= 15 is 0 Å². The smallest absolute Gasteiger partial charge is 0.110 e. The first-order valence-electron chi connectivity index (χ1n) is 10.6. The van der Waals surface area contributed by atoms with Gasteiger partial charge in [0.05, 0.1) is 16.1 Å². The van der Waals surface area contributed by atoms with Gasteiger partial charge in [0.1, 0.15) is 5.82 Å². The second kappa shape index (κ2) is 9.11. The zero-order valence-electron chi connectivity index (χ0n) is 16.8. The quantitative estimate of drug-likeness (QED) is 0.526. The number of halogens is 1. The molecule has 2 aromatic carbocycles. The van der Waals surface area contributed by atoms with Crippen LogP contribution in [0.1, 0.15) is 37.1 Å². The van der Waals surface area contributed by atoms with Gasteiger partial charge >= 0.3 is 0 Å². The van der Waals surface area contributed by atoms with Crippen LogP contribution in [0.25, 0.3) is 11.0 Å². The van der Waals surface area contributed by atoms with Gasteiger partial charge in [-0.05, 0) is 62.4 Å². The van der Waals surface area contributed by atoms with E-state index in [9.17, 15) is 0 Å². The third-order valence-corrected chi connectivity index (χ3v) is 6.52. The lowest BCUT2D eigenvalue weighted by Gasteiger charge is -2.31. The van der Waals surface area contributed by atoms with Crippen LogP contribution in [0.2, 0.25) is 5.02 Å². The highest BCUT2D eigenvalue weighted by molar-refractivity contribution is 6.35. The van der Waals surface area contributed by atoms with Gasteiger partial charge in [-0.3, -0.25) is 0 Å². The number of hydrogen-bond acceptors (Lipinski definition) is 2. The molecule has 0 radical (unpaired) electrons. The molecule has 1 aliphatic heterocycles. The highest BCUT2D eigenvalue weighted by atomic mass is 35.5. The number of nitrogens with zero attached hydrogens (tertiary/aromatic N) is 3. The molecule has 4 heteroatoms. The number of aromatic nitrogens is 2. The van der Waals surface area contributed by atoms with Crippen molar-refractivity contribution < 1.29 is 0 Å². The van der Waals surface area contributed by atoms with Crippen LogP contribution in [-0.4, -0.2) is 34.1 Å². The Morgan fingerprint density at radius 3 is 2.54 bits per heavy atom. The van der Waals surface area contributed by atoms with E-state index in [-0.39, 0.29) is 0 Å². The molecule has 4 rings (SSSR count). The molecule has 1 saturated heterocycles. The molecule has 3 aromatic rings. The van der Waals surface area contributed by atoms with E-state index < -0.39 is 0 Å². The van der Waals surface area contributed by atoms with Crippen molar-refractivity contribution in [2.45, 2.75) is 38.5 Å². The maximum absolute atomic E-state index is 6.35. The molecule has 1 fully saturated rings. The molecular formula is C24H30ClN3. The Hall–Kier alpha value is -1.84. The molecule has 1 aromatic heterocycles. The minimum atomic E-state index is 0.787. The topological polar surface area (TPSA) is 21.1 Å². The summed E-state index contributed by atoms with van der Waals surface area (Å²) in [5.74, 6) is 2.03. The number of likely N-dealkylation sites (tertiary alicyclic amines) is 1. The number of aryl methyl sites for hydroxylation is 2. The SMILES string of the molecule is Cn1c(CCN2CCC(CCCc3ccccc3)CC2)nc2cccc(Cl)c21. The Labute approximate surface area is 173 Å². The van der Waals surface area contributed by atoms with Crippen LogP contribution >= 0.6 is 11.6 Å². The van der Waals surface area contributed by atoms with Crippen LogP contribution in [0.4, 0.5) is 0 Å². The Morgan fingerprint density at radius 1 is 1.00 bits per heavy atom. The molecule has 0 spiro atoms. The third-order valence-electron chi connectivity index (χ3n) is 6.22. The summed E-state index contributed by atoms with van der Waals surface area (Å²) < 4.78 is 2.16. The van der Waals surface area contributed by atoms with E-state index in [1.165, 1.54) is 50.8 Å². The molecule has 0 N–H and O–H groups in total. The second-order valence-corrected chi connectivity index (χ2v) is 8.51. The first-order chi connectivity index (χ1) is 13.7. The van der Waals surface area contributed by atoms with Gasteiger partial charge in [-0.2, -0.15) is 0 Å². The summed E-state index contributed by atoms with van der Waals surface area (Å²) in [7, 11) is 2.08. The van der Waals surface area contributed by atoms with E-state index in [1.54, 1.807) is 0 Å². The molecule has 0 unspecified atom stereocenters. The summed E-state index contributed by atoms with van der Waals surface area (Å²) in [6, 6.07) is 16.8. The van der Waals surface area contributed by atoms with Crippen molar-refractivity contribution in [3.05, 3.63) is 64.9 Å². The highest BCUT2D eigenvalue weighted by Crippen LogP contribution is 2.25. The Bertz CT molecular complexity index is 895. The predicted molar refractivity (Wildman–Crippen MR) is 118 cm³/mol. The number of benzene rings is 2. The van der Waals surface area contributed by atoms with Crippen LogP contribution in [0.3, 0.4) is 0 Å². The fourth-order valence-electron chi connectivity index (χ4n) is 4.49. The van der Waals surface area contributed by atoms with Crippen molar-refractivity contribution in [1.82, 2.24) is 14.5 Å². The van der Waals surface area contributed by atoms with E-state index in [0.29, 0.717) is 0 Å². The van der Waals surface area contributed by atoms with E-state index in [1.807, 2.05) is 18.2 Å². The largest absolute Gasteiger partial charge is 0.330 e. The monoisotopic (exact) mass is 395 g/mol. The summed E-state index contributed by atoms with van der Waals surface area (Å²) in [5, 5.41) is 0.787. The molecule has 0 aliphatic carbocycles. The summed E-state index contributed by atoms with van der Waals surface area (Å²) in [6.45, 7) is 3.53. The fraction of sp³-hybridized carbons (Fsp3) is 0.458.